The van der Waals surface area contributed by atoms with E-state index in [0.29, 0.717) is 32.6 Å². The molecule has 1 saturated heterocycles. The number of amidine groups is 1. The van der Waals surface area contributed by atoms with Gasteiger partial charge in [-0.15, -0.1) is 0 Å². The minimum absolute atomic E-state index is 0.0128. The van der Waals surface area contributed by atoms with Crippen LogP contribution in [-0.2, 0) is 27.5 Å². The highest BCUT2D eigenvalue weighted by molar-refractivity contribution is 8.15. The van der Waals surface area contributed by atoms with Crippen LogP contribution in [-0.4, -0.2) is 62.0 Å². The first-order valence-corrected chi connectivity index (χ1v) is 14.5. The normalized spacial score (nSPS) is 20.1. The molecule has 0 saturated carbocycles. The van der Waals surface area contributed by atoms with Gasteiger partial charge < -0.3 is 20.1 Å². The molecule has 0 aliphatic carbocycles. The summed E-state index contributed by atoms with van der Waals surface area (Å²) in [7, 11) is -2.95. The van der Waals surface area contributed by atoms with Gasteiger partial charge in [0.05, 0.1) is 37.2 Å². The smallest absolute Gasteiger partial charge is 0.224 e. The molecule has 2 aromatic rings. The lowest BCUT2D eigenvalue weighted by Crippen LogP contribution is -2.27. The van der Waals surface area contributed by atoms with Crippen LogP contribution in [0.4, 0.5) is 5.69 Å². The van der Waals surface area contributed by atoms with E-state index in [0.717, 1.165) is 33.5 Å². The van der Waals surface area contributed by atoms with Gasteiger partial charge in [-0.2, -0.15) is 0 Å². The molecule has 2 atom stereocenters. The van der Waals surface area contributed by atoms with Gasteiger partial charge in [-0.05, 0) is 55.7 Å². The Kier molecular flexibility index (Phi) is 8.22. The average Bonchev–Trinajstić information content (AvgIpc) is 3.29. The molecule has 2 aromatic carbocycles. The number of aliphatic imine (C=N–C) groups is 1. The molecule has 2 aliphatic rings. The van der Waals surface area contributed by atoms with E-state index in [9.17, 15) is 13.2 Å². The minimum Gasteiger partial charge on any atom is -0.490 e. The van der Waals surface area contributed by atoms with Crippen molar-refractivity contribution in [2.75, 3.05) is 36.6 Å². The summed E-state index contributed by atoms with van der Waals surface area (Å²) in [5, 5.41) is 6.99. The highest BCUT2D eigenvalue weighted by atomic mass is 32.2. The standard InChI is InChI=1S/C25H31N3O5S2/c1-3-32-21-10-7-18(13-22(21)33-4-2)11-12-26-24(29)14-17-5-8-19(9-6-17)27-25-28-20-15-35(30,31)16-23(20)34-25/h5-10,13,20,23H,3-4,11-12,14-16H2,1-2H3,(H,26,29)(H,27,28)/t20-,23-/m1/s1. The van der Waals surface area contributed by atoms with Crippen LogP contribution in [0, 0.1) is 0 Å². The molecule has 0 unspecified atom stereocenters. The van der Waals surface area contributed by atoms with Crippen LogP contribution in [0.2, 0.25) is 0 Å². The van der Waals surface area contributed by atoms with Crippen LogP contribution >= 0.6 is 11.8 Å². The third kappa shape index (κ3) is 6.91. The fourth-order valence-corrected chi connectivity index (χ4v) is 7.77. The van der Waals surface area contributed by atoms with E-state index < -0.39 is 9.84 Å². The number of carbonyl (C=O) groups is 1. The van der Waals surface area contributed by atoms with Gasteiger partial charge in [-0.3, -0.25) is 9.79 Å². The number of rotatable bonds is 10. The van der Waals surface area contributed by atoms with E-state index >= 15 is 0 Å². The average molecular weight is 518 g/mol. The highest BCUT2D eigenvalue weighted by Gasteiger charge is 2.42. The van der Waals surface area contributed by atoms with Gasteiger partial charge in [0.2, 0.25) is 5.91 Å². The number of amides is 1. The molecule has 35 heavy (non-hydrogen) atoms. The molecule has 10 heteroatoms. The van der Waals surface area contributed by atoms with Crippen molar-refractivity contribution in [3.05, 3.63) is 53.6 Å². The van der Waals surface area contributed by atoms with Crippen LogP contribution in [0.1, 0.15) is 25.0 Å². The summed E-state index contributed by atoms with van der Waals surface area (Å²) in [5.74, 6) is 1.75. The zero-order chi connectivity index (χ0) is 24.8. The number of nitrogens with zero attached hydrogens (tertiary/aromatic N) is 1. The number of nitrogens with one attached hydrogen (secondary N) is 2. The number of carbonyl (C=O) groups excluding carboxylic acids is 1. The fourth-order valence-electron chi connectivity index (χ4n) is 4.09. The molecule has 0 spiro atoms. The van der Waals surface area contributed by atoms with E-state index in [1.165, 1.54) is 11.8 Å². The molecule has 2 heterocycles. The number of sulfone groups is 1. The Morgan fingerprint density at radius 2 is 1.74 bits per heavy atom. The molecule has 4 rings (SSSR count). The maximum Gasteiger partial charge on any atom is 0.224 e. The monoisotopic (exact) mass is 517 g/mol. The SMILES string of the molecule is CCOc1ccc(CCNC(=O)Cc2ccc(NC3=N[C@@H]4CS(=O)(=O)C[C@H]4S3)cc2)cc1OCC. The minimum atomic E-state index is -2.95. The first-order valence-electron chi connectivity index (χ1n) is 11.8. The second-order valence-corrected chi connectivity index (χ2v) is 11.9. The second-order valence-electron chi connectivity index (χ2n) is 8.48. The topological polar surface area (TPSA) is 106 Å². The lowest BCUT2D eigenvalue weighted by molar-refractivity contribution is -0.120. The molecular formula is C25H31N3O5S2. The molecule has 2 N–H and O–H groups in total. The number of hydrogen-bond acceptors (Lipinski definition) is 8. The van der Waals surface area contributed by atoms with Crippen molar-refractivity contribution in [2.24, 2.45) is 4.99 Å². The van der Waals surface area contributed by atoms with Crippen molar-refractivity contribution in [3.63, 3.8) is 0 Å². The Morgan fingerprint density at radius 1 is 1.03 bits per heavy atom. The van der Waals surface area contributed by atoms with Gasteiger partial charge in [0.25, 0.3) is 0 Å². The highest BCUT2D eigenvalue weighted by Crippen LogP contribution is 2.34. The molecule has 1 amide bonds. The van der Waals surface area contributed by atoms with E-state index in [1.54, 1.807) is 0 Å². The zero-order valence-corrected chi connectivity index (χ0v) is 21.6. The number of fused-ring (bicyclic) bond motifs is 1. The Balaban J connectivity index is 1.22. The Labute approximate surface area is 210 Å². The van der Waals surface area contributed by atoms with E-state index in [1.807, 2.05) is 56.3 Å². The van der Waals surface area contributed by atoms with Crippen molar-refractivity contribution in [1.29, 1.82) is 0 Å². The molecule has 1 fully saturated rings. The summed E-state index contributed by atoms with van der Waals surface area (Å²) in [6.07, 6.45) is 0.996. The summed E-state index contributed by atoms with van der Waals surface area (Å²) in [6, 6.07) is 13.4. The van der Waals surface area contributed by atoms with E-state index in [4.69, 9.17) is 9.47 Å². The molecule has 2 aliphatic heterocycles. The summed E-state index contributed by atoms with van der Waals surface area (Å²) >= 11 is 1.49. The summed E-state index contributed by atoms with van der Waals surface area (Å²) in [5.41, 5.74) is 2.85. The van der Waals surface area contributed by atoms with Gasteiger partial charge >= 0.3 is 0 Å². The fraction of sp³-hybridized carbons (Fsp3) is 0.440. The first kappa shape index (κ1) is 25.4. The molecule has 0 radical (unpaired) electrons. The van der Waals surface area contributed by atoms with Gasteiger partial charge in [0.1, 0.15) is 0 Å². The van der Waals surface area contributed by atoms with Crippen molar-refractivity contribution in [3.8, 4) is 11.5 Å². The first-order chi connectivity index (χ1) is 16.8. The van der Waals surface area contributed by atoms with Crippen LogP contribution in [0.25, 0.3) is 0 Å². The Morgan fingerprint density at radius 3 is 2.46 bits per heavy atom. The Bertz CT molecular complexity index is 1180. The lowest BCUT2D eigenvalue weighted by Gasteiger charge is -2.13. The van der Waals surface area contributed by atoms with Crippen LogP contribution in [0.3, 0.4) is 0 Å². The van der Waals surface area contributed by atoms with Crippen LogP contribution in [0.15, 0.2) is 47.5 Å². The van der Waals surface area contributed by atoms with Gasteiger partial charge in [0.15, 0.2) is 26.5 Å². The molecular weight excluding hydrogens is 486 g/mol. The number of thioether (sulfide) groups is 1. The quantitative estimate of drug-likeness (QED) is 0.499. The van der Waals surface area contributed by atoms with Crippen molar-refractivity contribution in [1.82, 2.24) is 5.32 Å². The van der Waals surface area contributed by atoms with Gasteiger partial charge in [-0.1, -0.05) is 30.0 Å². The molecule has 8 nitrogen and oxygen atoms in total. The van der Waals surface area contributed by atoms with Crippen molar-refractivity contribution in [2.45, 2.75) is 38.0 Å². The third-order valence-corrected chi connectivity index (χ3v) is 8.87. The maximum absolute atomic E-state index is 12.4. The van der Waals surface area contributed by atoms with Gasteiger partial charge in [0, 0.05) is 17.5 Å². The largest absolute Gasteiger partial charge is 0.490 e. The van der Waals surface area contributed by atoms with Crippen LogP contribution < -0.4 is 20.1 Å². The number of benzene rings is 2. The number of hydrogen-bond donors (Lipinski definition) is 2. The Hall–Kier alpha value is -2.72. The zero-order valence-electron chi connectivity index (χ0n) is 20.0. The van der Waals surface area contributed by atoms with Crippen molar-refractivity contribution < 1.29 is 22.7 Å². The van der Waals surface area contributed by atoms with Crippen LogP contribution in [0.5, 0.6) is 11.5 Å². The molecule has 0 aromatic heterocycles. The molecule has 0 bridgehead atoms. The predicted octanol–water partition coefficient (Wildman–Crippen LogP) is 3.07. The summed E-state index contributed by atoms with van der Waals surface area (Å²) in [4.78, 5) is 16.9. The van der Waals surface area contributed by atoms with E-state index in [-0.39, 0.29) is 28.7 Å². The van der Waals surface area contributed by atoms with Crippen molar-refractivity contribution >= 4 is 38.4 Å². The number of anilines is 1. The lowest BCUT2D eigenvalue weighted by atomic mass is 10.1. The second kappa shape index (κ2) is 11.3. The van der Waals surface area contributed by atoms with Gasteiger partial charge in [-0.25, -0.2) is 8.42 Å². The third-order valence-electron chi connectivity index (χ3n) is 5.73. The maximum atomic E-state index is 12.4. The number of ether oxygens (including phenoxy) is 2. The predicted molar refractivity (Wildman–Crippen MR) is 141 cm³/mol. The summed E-state index contributed by atoms with van der Waals surface area (Å²) in [6.45, 7) is 5.55. The van der Waals surface area contributed by atoms with E-state index in [2.05, 4.69) is 15.6 Å². The summed E-state index contributed by atoms with van der Waals surface area (Å²) < 4.78 is 34.7. The molecule has 188 valence electrons.